The number of carbonyl (C=O) groups excluding carboxylic acids is 1. The second-order valence-corrected chi connectivity index (χ2v) is 11.7. The standard InChI is InChI=1S/C30H56O12/c1-2-3-4-5-6-7-8-9-10-11-12-13-14-15-16-17-23(34)40-27-26(37)24(35)21(18-31)39-29(27)42-30(20-33)28(38)25(36)22(19-32)41-30/h21-22,24-29,31-33,35-38H,2-20H2,1H3/t21?,22?,24?,25?,26?,27?,28-,29+,30+/m1/s1. The van der Waals surface area contributed by atoms with E-state index in [1.165, 1.54) is 70.6 Å². The average Bonchev–Trinajstić information content (AvgIpc) is 3.23. The van der Waals surface area contributed by atoms with Crippen LogP contribution < -0.4 is 0 Å². The molecule has 2 heterocycles. The second-order valence-electron chi connectivity index (χ2n) is 11.7. The number of esters is 1. The molecule has 0 radical (unpaired) electrons. The van der Waals surface area contributed by atoms with Crippen LogP contribution in [0.4, 0.5) is 0 Å². The Bertz CT molecular complexity index is 726. The summed E-state index contributed by atoms with van der Waals surface area (Å²) < 4.78 is 21.9. The Morgan fingerprint density at radius 1 is 0.690 bits per heavy atom. The van der Waals surface area contributed by atoms with Gasteiger partial charge in [-0.15, -0.1) is 0 Å². The minimum absolute atomic E-state index is 0.0588. The van der Waals surface area contributed by atoms with Gasteiger partial charge in [0.25, 0.3) is 0 Å². The summed E-state index contributed by atoms with van der Waals surface area (Å²) in [6, 6.07) is 0. The van der Waals surface area contributed by atoms with Crippen LogP contribution >= 0.6 is 0 Å². The third-order valence-corrected chi connectivity index (χ3v) is 8.30. The molecule has 0 amide bonds. The maximum atomic E-state index is 12.6. The molecule has 2 rings (SSSR count). The summed E-state index contributed by atoms with van der Waals surface area (Å²) in [7, 11) is 0. The highest BCUT2D eigenvalue weighted by Gasteiger charge is 2.59. The van der Waals surface area contributed by atoms with Gasteiger partial charge in [-0.25, -0.2) is 0 Å². The Kier molecular flexibility index (Phi) is 17.9. The van der Waals surface area contributed by atoms with Crippen LogP contribution in [0.3, 0.4) is 0 Å². The second kappa shape index (κ2) is 20.2. The topological polar surface area (TPSA) is 196 Å². The maximum Gasteiger partial charge on any atom is 0.306 e. The van der Waals surface area contributed by atoms with Gasteiger partial charge >= 0.3 is 5.97 Å². The van der Waals surface area contributed by atoms with Crippen molar-refractivity contribution in [3.05, 3.63) is 0 Å². The van der Waals surface area contributed by atoms with E-state index in [0.717, 1.165) is 19.3 Å². The predicted molar refractivity (Wildman–Crippen MR) is 152 cm³/mol. The van der Waals surface area contributed by atoms with Gasteiger partial charge in [0, 0.05) is 6.42 Å². The van der Waals surface area contributed by atoms with E-state index >= 15 is 0 Å². The van der Waals surface area contributed by atoms with Crippen LogP contribution in [0.2, 0.25) is 0 Å². The van der Waals surface area contributed by atoms with Crippen LogP contribution in [-0.2, 0) is 23.7 Å². The fraction of sp³-hybridized carbons (Fsp3) is 0.967. The maximum absolute atomic E-state index is 12.6. The van der Waals surface area contributed by atoms with E-state index in [4.69, 9.17) is 18.9 Å². The number of carbonyl (C=O) groups is 1. The first-order valence-corrected chi connectivity index (χ1v) is 16.0. The van der Waals surface area contributed by atoms with Crippen LogP contribution in [0.1, 0.15) is 110 Å². The zero-order valence-corrected chi connectivity index (χ0v) is 25.2. The minimum Gasteiger partial charge on any atom is -0.454 e. The molecular formula is C30H56O12. The highest BCUT2D eigenvalue weighted by Crippen LogP contribution is 2.36. The molecule has 2 aliphatic rings. The molecule has 0 saturated carbocycles. The number of hydrogen-bond acceptors (Lipinski definition) is 12. The molecule has 42 heavy (non-hydrogen) atoms. The third-order valence-electron chi connectivity index (χ3n) is 8.30. The zero-order valence-electron chi connectivity index (χ0n) is 25.2. The van der Waals surface area contributed by atoms with Crippen molar-refractivity contribution in [2.45, 2.75) is 164 Å². The number of aliphatic hydroxyl groups excluding tert-OH is 7. The number of aliphatic hydroxyl groups is 7. The summed E-state index contributed by atoms with van der Waals surface area (Å²) >= 11 is 0. The summed E-state index contributed by atoms with van der Waals surface area (Å²) in [6.45, 7) is -0.146. The average molecular weight is 609 g/mol. The van der Waals surface area contributed by atoms with E-state index in [2.05, 4.69) is 6.92 Å². The SMILES string of the molecule is CCCCCCCCCCCCCCCCCC(=O)OC1C(O)C(O)C(CO)O[C@H]1O[C@]1(CO)OC(CO)C(O)[C@H]1O. The van der Waals surface area contributed by atoms with Crippen molar-refractivity contribution in [3.8, 4) is 0 Å². The molecule has 9 atom stereocenters. The van der Waals surface area contributed by atoms with Gasteiger partial charge in [-0.1, -0.05) is 96.8 Å². The lowest BCUT2D eigenvalue weighted by atomic mass is 9.98. The lowest BCUT2D eigenvalue weighted by Gasteiger charge is -2.44. The molecular weight excluding hydrogens is 552 g/mol. The zero-order chi connectivity index (χ0) is 31.0. The van der Waals surface area contributed by atoms with Crippen LogP contribution in [-0.4, -0.2) is 116 Å². The Balaban J connectivity index is 1.73. The number of hydrogen-bond donors (Lipinski definition) is 7. The first-order valence-electron chi connectivity index (χ1n) is 16.0. The van der Waals surface area contributed by atoms with E-state index < -0.39 is 80.6 Å². The van der Waals surface area contributed by atoms with E-state index in [9.17, 15) is 40.5 Å². The number of ether oxygens (including phenoxy) is 4. The van der Waals surface area contributed by atoms with Gasteiger partial charge in [0.05, 0.1) is 13.2 Å². The van der Waals surface area contributed by atoms with Crippen LogP contribution in [0.15, 0.2) is 0 Å². The summed E-state index contributed by atoms with van der Waals surface area (Å²) in [5, 5.41) is 70.5. The van der Waals surface area contributed by atoms with Gasteiger partial charge in [-0.05, 0) is 6.42 Å². The Hall–Kier alpha value is -0.930. The van der Waals surface area contributed by atoms with Crippen molar-refractivity contribution < 1.29 is 59.5 Å². The highest BCUT2D eigenvalue weighted by molar-refractivity contribution is 5.69. The first kappa shape index (κ1) is 37.3. The van der Waals surface area contributed by atoms with E-state index in [0.29, 0.717) is 6.42 Å². The van der Waals surface area contributed by atoms with Crippen molar-refractivity contribution in [1.82, 2.24) is 0 Å². The molecule has 0 bridgehead atoms. The molecule has 0 aromatic carbocycles. The van der Waals surface area contributed by atoms with Crippen molar-refractivity contribution in [3.63, 3.8) is 0 Å². The molecule has 0 spiro atoms. The van der Waals surface area contributed by atoms with Gasteiger partial charge in [0.1, 0.15) is 43.2 Å². The summed E-state index contributed by atoms with van der Waals surface area (Å²) in [5.41, 5.74) is 0. The smallest absolute Gasteiger partial charge is 0.306 e. The Morgan fingerprint density at radius 3 is 1.64 bits per heavy atom. The quantitative estimate of drug-likeness (QED) is 0.0691. The molecule has 248 valence electrons. The summed E-state index contributed by atoms with van der Waals surface area (Å²) in [4.78, 5) is 12.6. The predicted octanol–water partition coefficient (Wildman–Crippen LogP) is 1.42. The molecule has 2 saturated heterocycles. The van der Waals surface area contributed by atoms with Crippen LogP contribution in [0, 0.1) is 0 Å². The largest absolute Gasteiger partial charge is 0.454 e. The summed E-state index contributed by atoms with van der Waals surface area (Å²) in [5.74, 6) is -2.95. The van der Waals surface area contributed by atoms with E-state index in [-0.39, 0.29) is 6.42 Å². The Morgan fingerprint density at radius 2 is 1.19 bits per heavy atom. The number of unbranched alkanes of at least 4 members (excludes halogenated alkanes) is 14. The fourth-order valence-corrected chi connectivity index (χ4v) is 5.59. The molecule has 7 N–H and O–H groups in total. The number of rotatable bonds is 22. The van der Waals surface area contributed by atoms with Crippen molar-refractivity contribution in [2.24, 2.45) is 0 Å². The van der Waals surface area contributed by atoms with Gasteiger partial charge in [0.2, 0.25) is 12.1 Å². The van der Waals surface area contributed by atoms with Crippen molar-refractivity contribution in [1.29, 1.82) is 0 Å². The minimum atomic E-state index is -2.28. The van der Waals surface area contributed by atoms with Crippen LogP contribution in [0.25, 0.3) is 0 Å². The molecule has 6 unspecified atom stereocenters. The molecule has 2 fully saturated rings. The lowest BCUT2D eigenvalue weighted by molar-refractivity contribution is -0.384. The molecule has 2 aliphatic heterocycles. The molecule has 12 heteroatoms. The normalized spacial score (nSPS) is 33.2. The van der Waals surface area contributed by atoms with Crippen molar-refractivity contribution in [2.75, 3.05) is 19.8 Å². The van der Waals surface area contributed by atoms with Crippen LogP contribution in [0.5, 0.6) is 0 Å². The van der Waals surface area contributed by atoms with Gasteiger partial charge < -0.3 is 54.7 Å². The molecule has 0 aliphatic carbocycles. The lowest BCUT2D eigenvalue weighted by Crippen LogP contribution is -2.63. The monoisotopic (exact) mass is 608 g/mol. The summed E-state index contributed by atoms with van der Waals surface area (Å²) in [6.07, 6.45) is 5.19. The third kappa shape index (κ3) is 11.2. The van der Waals surface area contributed by atoms with E-state index in [1.807, 2.05) is 0 Å². The molecule has 0 aromatic heterocycles. The van der Waals surface area contributed by atoms with E-state index in [1.54, 1.807) is 0 Å². The molecule has 0 aromatic rings. The highest BCUT2D eigenvalue weighted by atomic mass is 16.8. The molecule has 12 nitrogen and oxygen atoms in total. The van der Waals surface area contributed by atoms with Gasteiger partial charge in [-0.2, -0.15) is 0 Å². The fourth-order valence-electron chi connectivity index (χ4n) is 5.59. The van der Waals surface area contributed by atoms with Gasteiger partial charge in [0.15, 0.2) is 6.10 Å². The van der Waals surface area contributed by atoms with Gasteiger partial charge in [-0.3, -0.25) is 4.79 Å². The Labute approximate surface area is 249 Å². The van der Waals surface area contributed by atoms with Crippen molar-refractivity contribution >= 4 is 5.97 Å². The first-order chi connectivity index (χ1) is 20.2.